The molecule has 9 aromatic rings. The number of hydrogen-bond donors (Lipinski definition) is 0. The van der Waals surface area contributed by atoms with Crippen LogP contribution in [0, 0.1) is 11.3 Å². The molecule has 0 aliphatic heterocycles. The van der Waals surface area contributed by atoms with Gasteiger partial charge in [-0.25, -0.2) is 15.0 Å². The first-order chi connectivity index (χ1) is 27.9. The lowest BCUT2D eigenvalue weighted by Crippen LogP contribution is -2.17. The van der Waals surface area contributed by atoms with Crippen LogP contribution in [0.1, 0.15) is 30.5 Å². The van der Waals surface area contributed by atoms with E-state index in [2.05, 4.69) is 134 Å². The normalized spacial score (nSPS) is 12.5. The molecule has 57 heavy (non-hydrogen) atoms. The number of rotatable bonds is 6. The van der Waals surface area contributed by atoms with Crippen molar-refractivity contribution in [1.29, 1.82) is 5.26 Å². The van der Waals surface area contributed by atoms with Gasteiger partial charge in [0.2, 0.25) is 0 Å². The first kappa shape index (κ1) is 34.0. The van der Waals surface area contributed by atoms with Crippen molar-refractivity contribution in [1.82, 2.24) is 19.9 Å². The molecule has 5 nitrogen and oxygen atoms in total. The molecule has 0 bridgehead atoms. The quantitative estimate of drug-likeness (QED) is 0.170. The molecule has 0 spiro atoms. The van der Waals surface area contributed by atoms with Gasteiger partial charge in [0.05, 0.1) is 5.56 Å². The third-order valence-corrected chi connectivity index (χ3v) is 11.2. The summed E-state index contributed by atoms with van der Waals surface area (Å²) in [5.41, 5.74) is 14.0. The fourth-order valence-electron chi connectivity index (χ4n) is 8.35. The number of fused-ring (bicyclic) bond motifs is 4. The highest BCUT2D eigenvalue weighted by Gasteiger charge is 2.38. The van der Waals surface area contributed by atoms with Crippen LogP contribution in [-0.2, 0) is 5.41 Å². The minimum atomic E-state index is -0.386. The fourth-order valence-corrected chi connectivity index (χ4v) is 8.35. The molecule has 0 unspecified atom stereocenters. The Bertz CT molecular complexity index is 3020. The minimum absolute atomic E-state index is 0.386. The predicted octanol–water partition coefficient (Wildman–Crippen LogP) is 12.6. The zero-order valence-corrected chi connectivity index (χ0v) is 31.5. The van der Waals surface area contributed by atoms with E-state index in [1.165, 1.54) is 5.56 Å². The van der Waals surface area contributed by atoms with Crippen LogP contribution >= 0.6 is 0 Å². The second kappa shape index (κ2) is 13.6. The predicted molar refractivity (Wildman–Crippen MR) is 230 cm³/mol. The molecule has 7 aromatic carbocycles. The van der Waals surface area contributed by atoms with Crippen LogP contribution in [-0.4, -0.2) is 19.9 Å². The largest absolute Gasteiger partial charge is 0.264 e. The van der Waals surface area contributed by atoms with E-state index in [1.807, 2.05) is 60.8 Å². The molecule has 2 aromatic heterocycles. The van der Waals surface area contributed by atoms with Gasteiger partial charge in [-0.2, -0.15) is 5.26 Å². The van der Waals surface area contributed by atoms with E-state index in [0.29, 0.717) is 17.5 Å². The SMILES string of the molecule is CC1(C)c2cc(-c3cc(-c4cccnc4)cc(-c4nc(-c5ccccc5)nc(-c5ccc(-c6ccccc6)cc5)n4)c3)ccc2-c2cc3ccccc3c(C#N)c21. The average molecular weight is 730 g/mol. The maximum Gasteiger partial charge on any atom is 0.164 e. The van der Waals surface area contributed by atoms with Gasteiger partial charge in [-0.15, -0.1) is 0 Å². The lowest BCUT2D eigenvalue weighted by Gasteiger charge is -2.24. The van der Waals surface area contributed by atoms with Crippen molar-refractivity contribution >= 4 is 10.8 Å². The van der Waals surface area contributed by atoms with Crippen molar-refractivity contribution < 1.29 is 0 Å². The summed E-state index contributed by atoms with van der Waals surface area (Å²) in [4.78, 5) is 19.8. The van der Waals surface area contributed by atoms with Gasteiger partial charge in [-0.05, 0) is 97.2 Å². The number of nitriles is 1. The molecule has 2 heterocycles. The third-order valence-electron chi connectivity index (χ3n) is 11.2. The first-order valence-corrected chi connectivity index (χ1v) is 19.1. The average Bonchev–Trinajstić information content (AvgIpc) is 3.50. The van der Waals surface area contributed by atoms with Crippen LogP contribution in [0.15, 0.2) is 176 Å². The highest BCUT2D eigenvalue weighted by Crippen LogP contribution is 2.52. The van der Waals surface area contributed by atoms with Crippen molar-refractivity contribution in [3.63, 3.8) is 0 Å². The summed E-state index contributed by atoms with van der Waals surface area (Å²) in [7, 11) is 0. The zero-order chi connectivity index (χ0) is 38.5. The number of aromatic nitrogens is 4. The Labute approximate surface area is 331 Å². The lowest BCUT2D eigenvalue weighted by atomic mass is 9.78. The van der Waals surface area contributed by atoms with Crippen LogP contribution in [0.5, 0.6) is 0 Å². The second-order valence-corrected chi connectivity index (χ2v) is 15.0. The summed E-state index contributed by atoms with van der Waals surface area (Å²) in [6, 6.07) is 59.1. The van der Waals surface area contributed by atoms with Gasteiger partial charge >= 0.3 is 0 Å². The zero-order valence-electron chi connectivity index (χ0n) is 31.5. The van der Waals surface area contributed by atoms with Crippen LogP contribution in [0.2, 0.25) is 0 Å². The van der Waals surface area contributed by atoms with Crippen molar-refractivity contribution in [3.05, 3.63) is 193 Å². The summed E-state index contributed by atoms with van der Waals surface area (Å²) in [5.74, 6) is 1.79. The molecule has 1 aliphatic carbocycles. The van der Waals surface area contributed by atoms with Crippen molar-refractivity contribution in [2.75, 3.05) is 0 Å². The Morgan fingerprint density at radius 1 is 0.456 bits per heavy atom. The number of benzene rings is 7. The number of nitrogens with zero attached hydrogens (tertiary/aromatic N) is 5. The second-order valence-electron chi connectivity index (χ2n) is 15.0. The molecule has 0 radical (unpaired) electrons. The number of hydrogen-bond acceptors (Lipinski definition) is 5. The Hall–Kier alpha value is -7.55. The highest BCUT2D eigenvalue weighted by molar-refractivity contribution is 5.99. The van der Waals surface area contributed by atoms with Gasteiger partial charge in [0.15, 0.2) is 17.5 Å². The molecule has 0 atom stereocenters. The minimum Gasteiger partial charge on any atom is -0.264 e. The Kier molecular flexibility index (Phi) is 8.13. The molecule has 5 heteroatoms. The lowest BCUT2D eigenvalue weighted by molar-refractivity contribution is 0.659. The Balaban J connectivity index is 1.14. The van der Waals surface area contributed by atoms with E-state index in [0.717, 1.165) is 83.1 Å². The maximum absolute atomic E-state index is 10.5. The van der Waals surface area contributed by atoms with Crippen molar-refractivity contribution in [2.45, 2.75) is 19.3 Å². The maximum atomic E-state index is 10.5. The summed E-state index contributed by atoms with van der Waals surface area (Å²) >= 11 is 0. The van der Waals surface area contributed by atoms with Crippen LogP contribution in [0.3, 0.4) is 0 Å². The van der Waals surface area contributed by atoms with Gasteiger partial charge in [0.25, 0.3) is 0 Å². The molecule has 0 saturated heterocycles. The molecule has 268 valence electrons. The molecule has 10 rings (SSSR count). The smallest absolute Gasteiger partial charge is 0.164 e. The van der Waals surface area contributed by atoms with Gasteiger partial charge in [-0.1, -0.05) is 141 Å². The van der Waals surface area contributed by atoms with Gasteiger partial charge in [0.1, 0.15) is 6.07 Å². The van der Waals surface area contributed by atoms with Crippen LogP contribution in [0.4, 0.5) is 0 Å². The molecular formula is C52H35N5. The van der Waals surface area contributed by atoms with E-state index in [-0.39, 0.29) is 5.41 Å². The van der Waals surface area contributed by atoms with Gasteiger partial charge < -0.3 is 0 Å². The van der Waals surface area contributed by atoms with E-state index in [4.69, 9.17) is 15.0 Å². The molecule has 1 aliphatic rings. The summed E-state index contributed by atoms with van der Waals surface area (Å²) in [5, 5.41) is 12.6. The van der Waals surface area contributed by atoms with Crippen LogP contribution in [0.25, 0.3) is 89.4 Å². The number of pyridine rings is 1. The molecule has 0 amide bonds. The van der Waals surface area contributed by atoms with Gasteiger partial charge in [-0.3, -0.25) is 4.98 Å². The summed E-state index contributed by atoms with van der Waals surface area (Å²) in [6.45, 7) is 4.47. The summed E-state index contributed by atoms with van der Waals surface area (Å²) < 4.78 is 0. The topological polar surface area (TPSA) is 75.3 Å². The van der Waals surface area contributed by atoms with Crippen molar-refractivity contribution in [3.8, 4) is 84.7 Å². The molecule has 0 saturated carbocycles. The van der Waals surface area contributed by atoms with E-state index >= 15 is 0 Å². The molecule has 0 N–H and O–H groups in total. The van der Waals surface area contributed by atoms with Crippen molar-refractivity contribution in [2.24, 2.45) is 0 Å². The summed E-state index contributed by atoms with van der Waals surface area (Å²) in [6.07, 6.45) is 3.68. The Morgan fingerprint density at radius 3 is 1.68 bits per heavy atom. The first-order valence-electron chi connectivity index (χ1n) is 19.1. The molecule has 0 fully saturated rings. The van der Waals surface area contributed by atoms with Crippen LogP contribution < -0.4 is 0 Å². The highest BCUT2D eigenvalue weighted by atomic mass is 15.0. The monoisotopic (exact) mass is 729 g/mol. The molecular weight excluding hydrogens is 695 g/mol. The fraction of sp³-hybridized carbons (Fsp3) is 0.0577. The third kappa shape index (κ3) is 5.96. The van der Waals surface area contributed by atoms with Gasteiger partial charge in [0, 0.05) is 40.1 Å². The van der Waals surface area contributed by atoms with E-state index in [9.17, 15) is 5.26 Å². The van der Waals surface area contributed by atoms with E-state index in [1.54, 1.807) is 6.20 Å². The standard InChI is InChI=1S/C52H35N5/c1-52(2)47-30-37(23-24-44(47)45-29-38-16-9-10-18-43(38)46(31-53)48(45)52)40-26-41(39-17-11-25-54-32-39)28-42(27-40)51-56-49(35-14-7-4-8-15-35)55-50(57-51)36-21-19-34(20-22-36)33-12-5-3-6-13-33/h3-30,32H,1-2H3. The van der Waals surface area contributed by atoms with E-state index < -0.39 is 0 Å². The Morgan fingerprint density at radius 2 is 1.00 bits per heavy atom.